The van der Waals surface area contributed by atoms with Crippen LogP contribution in [0.2, 0.25) is 0 Å². The fraction of sp³-hybridized carbons (Fsp3) is 0.714. The number of aryl methyl sites for hydroxylation is 1. The summed E-state index contributed by atoms with van der Waals surface area (Å²) in [5.41, 5.74) is 1.57. The van der Waals surface area contributed by atoms with Crippen LogP contribution >= 0.6 is 43.2 Å². The standard InChI is InChI=1S/C14H22Br2S/c1-2-3-4-5-6-7-8-12-9-13(10-15)17-14(12)11-16/h9H,2-8,10-11H2,1H3. The fourth-order valence-corrected chi connectivity index (χ4v) is 4.14. The molecule has 1 aromatic rings. The molecule has 0 aromatic carbocycles. The molecule has 0 N–H and O–H groups in total. The predicted octanol–water partition coefficient (Wildman–Crippen LogP) is 6.44. The third-order valence-corrected chi connectivity index (χ3v) is 6.08. The predicted molar refractivity (Wildman–Crippen MR) is 86.7 cm³/mol. The van der Waals surface area contributed by atoms with Gasteiger partial charge in [0.15, 0.2) is 0 Å². The van der Waals surface area contributed by atoms with Gasteiger partial charge in [0.25, 0.3) is 0 Å². The second-order valence-electron chi connectivity index (χ2n) is 4.45. The SMILES string of the molecule is CCCCCCCCc1cc(CBr)sc1CBr. The Labute approximate surface area is 126 Å². The summed E-state index contributed by atoms with van der Waals surface area (Å²) in [5.74, 6) is 0. The van der Waals surface area contributed by atoms with Gasteiger partial charge in [-0.3, -0.25) is 0 Å². The van der Waals surface area contributed by atoms with E-state index in [0.29, 0.717) is 0 Å². The minimum atomic E-state index is 0.994. The third kappa shape index (κ3) is 5.89. The Morgan fingerprint density at radius 2 is 1.71 bits per heavy atom. The lowest BCUT2D eigenvalue weighted by atomic mass is 10.1. The van der Waals surface area contributed by atoms with Gasteiger partial charge in [0.05, 0.1) is 0 Å². The molecule has 0 aliphatic carbocycles. The molecule has 0 nitrogen and oxygen atoms in total. The van der Waals surface area contributed by atoms with Crippen LogP contribution in [0.15, 0.2) is 6.07 Å². The average molecular weight is 382 g/mol. The number of rotatable bonds is 9. The summed E-state index contributed by atoms with van der Waals surface area (Å²) in [4.78, 5) is 2.98. The number of unbranched alkanes of at least 4 members (excludes halogenated alkanes) is 5. The molecule has 0 saturated carbocycles. The number of thiophene rings is 1. The normalized spacial score (nSPS) is 11.0. The highest BCUT2D eigenvalue weighted by Crippen LogP contribution is 2.28. The monoisotopic (exact) mass is 380 g/mol. The quantitative estimate of drug-likeness (QED) is 0.341. The first-order valence-corrected chi connectivity index (χ1v) is 9.60. The maximum absolute atomic E-state index is 3.59. The topological polar surface area (TPSA) is 0 Å². The Hall–Kier alpha value is 0.660. The van der Waals surface area contributed by atoms with Crippen LogP contribution in [0.3, 0.4) is 0 Å². The second-order valence-corrected chi connectivity index (χ2v) is 6.79. The Bertz CT molecular complexity index is 307. The average Bonchev–Trinajstić information content (AvgIpc) is 2.76. The van der Waals surface area contributed by atoms with E-state index in [1.807, 2.05) is 11.3 Å². The maximum atomic E-state index is 3.59. The molecule has 0 amide bonds. The molecule has 0 atom stereocenters. The minimum absolute atomic E-state index is 0.994. The van der Waals surface area contributed by atoms with E-state index in [2.05, 4.69) is 44.8 Å². The highest BCUT2D eigenvalue weighted by atomic mass is 79.9. The molecule has 0 fully saturated rings. The Morgan fingerprint density at radius 1 is 1.00 bits per heavy atom. The molecule has 0 aliphatic heterocycles. The van der Waals surface area contributed by atoms with E-state index < -0.39 is 0 Å². The van der Waals surface area contributed by atoms with Gasteiger partial charge in [-0.15, -0.1) is 11.3 Å². The molecule has 3 heteroatoms. The Morgan fingerprint density at radius 3 is 2.35 bits per heavy atom. The van der Waals surface area contributed by atoms with Crippen molar-refractivity contribution in [3.05, 3.63) is 21.4 Å². The van der Waals surface area contributed by atoms with Crippen LogP contribution < -0.4 is 0 Å². The number of hydrogen-bond donors (Lipinski definition) is 0. The van der Waals surface area contributed by atoms with Gasteiger partial charge in [-0.1, -0.05) is 70.9 Å². The smallest absolute Gasteiger partial charge is 0.0380 e. The lowest BCUT2D eigenvalue weighted by molar-refractivity contribution is 0.607. The molecule has 0 aliphatic rings. The van der Waals surface area contributed by atoms with E-state index in [1.54, 1.807) is 5.56 Å². The highest BCUT2D eigenvalue weighted by Gasteiger charge is 2.07. The Balaban J connectivity index is 2.28. The van der Waals surface area contributed by atoms with Crippen molar-refractivity contribution in [2.75, 3.05) is 0 Å². The van der Waals surface area contributed by atoms with Crippen molar-refractivity contribution in [2.45, 2.75) is 62.5 Å². The summed E-state index contributed by atoms with van der Waals surface area (Å²) in [5, 5.41) is 2.00. The molecule has 98 valence electrons. The zero-order valence-electron chi connectivity index (χ0n) is 10.6. The summed E-state index contributed by atoms with van der Waals surface area (Å²) in [7, 11) is 0. The van der Waals surface area contributed by atoms with Gasteiger partial charge >= 0.3 is 0 Å². The van der Waals surface area contributed by atoms with Crippen molar-refractivity contribution in [3.8, 4) is 0 Å². The molecule has 0 bridgehead atoms. The first-order valence-electron chi connectivity index (χ1n) is 6.54. The van der Waals surface area contributed by atoms with Gasteiger partial charge in [0, 0.05) is 20.4 Å². The van der Waals surface area contributed by atoms with Crippen LogP contribution in [0.1, 0.15) is 60.8 Å². The molecule has 1 aromatic heterocycles. The Kier molecular flexibility index (Phi) is 8.85. The van der Waals surface area contributed by atoms with Crippen molar-refractivity contribution >= 4 is 43.2 Å². The summed E-state index contributed by atoms with van der Waals surface area (Å²) >= 11 is 9.07. The van der Waals surface area contributed by atoms with E-state index >= 15 is 0 Å². The van der Waals surface area contributed by atoms with Crippen molar-refractivity contribution in [3.63, 3.8) is 0 Å². The molecule has 17 heavy (non-hydrogen) atoms. The van der Waals surface area contributed by atoms with Gasteiger partial charge in [-0.25, -0.2) is 0 Å². The lowest BCUT2D eigenvalue weighted by Crippen LogP contribution is -1.87. The van der Waals surface area contributed by atoms with Gasteiger partial charge < -0.3 is 0 Å². The van der Waals surface area contributed by atoms with E-state index in [1.165, 1.54) is 54.7 Å². The van der Waals surface area contributed by atoms with Crippen LogP contribution in [-0.4, -0.2) is 0 Å². The fourth-order valence-electron chi connectivity index (χ4n) is 2.01. The zero-order chi connectivity index (χ0) is 12.5. The minimum Gasteiger partial charge on any atom is -0.143 e. The molecular weight excluding hydrogens is 360 g/mol. The van der Waals surface area contributed by atoms with E-state index in [0.717, 1.165) is 10.7 Å². The third-order valence-electron chi connectivity index (χ3n) is 3.00. The van der Waals surface area contributed by atoms with Crippen LogP contribution in [0.4, 0.5) is 0 Å². The van der Waals surface area contributed by atoms with Gasteiger partial charge in [0.2, 0.25) is 0 Å². The van der Waals surface area contributed by atoms with E-state index in [4.69, 9.17) is 0 Å². The first-order chi connectivity index (χ1) is 8.31. The maximum Gasteiger partial charge on any atom is 0.0380 e. The molecule has 1 rings (SSSR count). The van der Waals surface area contributed by atoms with Crippen molar-refractivity contribution in [2.24, 2.45) is 0 Å². The summed E-state index contributed by atoms with van der Waals surface area (Å²) < 4.78 is 0. The summed E-state index contributed by atoms with van der Waals surface area (Å²) in [6.45, 7) is 2.27. The van der Waals surface area contributed by atoms with Crippen molar-refractivity contribution in [1.82, 2.24) is 0 Å². The van der Waals surface area contributed by atoms with Gasteiger partial charge in [0.1, 0.15) is 0 Å². The molecule has 0 spiro atoms. The molecule has 0 radical (unpaired) electrons. The van der Waals surface area contributed by atoms with Gasteiger partial charge in [-0.05, 0) is 24.5 Å². The molecular formula is C14H22Br2S. The molecule has 1 heterocycles. The van der Waals surface area contributed by atoms with Crippen LogP contribution in [0, 0.1) is 0 Å². The molecule has 0 unspecified atom stereocenters. The second kappa shape index (κ2) is 9.57. The van der Waals surface area contributed by atoms with Gasteiger partial charge in [-0.2, -0.15) is 0 Å². The number of hydrogen-bond acceptors (Lipinski definition) is 1. The van der Waals surface area contributed by atoms with Crippen LogP contribution in [-0.2, 0) is 17.1 Å². The number of halogens is 2. The van der Waals surface area contributed by atoms with Crippen molar-refractivity contribution in [1.29, 1.82) is 0 Å². The van der Waals surface area contributed by atoms with Crippen LogP contribution in [0.25, 0.3) is 0 Å². The largest absolute Gasteiger partial charge is 0.143 e. The zero-order valence-corrected chi connectivity index (χ0v) is 14.6. The summed E-state index contributed by atoms with van der Waals surface area (Å²) in [6.07, 6.45) is 9.57. The highest BCUT2D eigenvalue weighted by molar-refractivity contribution is 9.09. The van der Waals surface area contributed by atoms with E-state index in [9.17, 15) is 0 Å². The summed E-state index contributed by atoms with van der Waals surface area (Å²) in [6, 6.07) is 2.38. The van der Waals surface area contributed by atoms with E-state index in [-0.39, 0.29) is 0 Å². The van der Waals surface area contributed by atoms with Crippen molar-refractivity contribution < 1.29 is 0 Å². The number of alkyl halides is 2. The molecule has 0 saturated heterocycles. The van der Waals surface area contributed by atoms with Crippen LogP contribution in [0.5, 0.6) is 0 Å². The first kappa shape index (κ1) is 15.7. The lowest BCUT2D eigenvalue weighted by Gasteiger charge is -2.01.